The lowest BCUT2D eigenvalue weighted by Crippen LogP contribution is -2.39. The van der Waals surface area contributed by atoms with Crippen LogP contribution in [0.25, 0.3) is 0 Å². The highest BCUT2D eigenvalue weighted by Crippen LogP contribution is 2.14. The number of likely N-dealkylation sites (tertiary alicyclic amines) is 1. The third-order valence-corrected chi connectivity index (χ3v) is 3.55. The van der Waals surface area contributed by atoms with Crippen molar-refractivity contribution in [3.63, 3.8) is 0 Å². The largest absolute Gasteiger partial charge is 0.497 e. The molecule has 0 saturated carbocycles. The molecule has 2 unspecified atom stereocenters. The Balaban J connectivity index is 1.58. The highest BCUT2D eigenvalue weighted by Gasteiger charge is 2.17. The maximum Gasteiger partial charge on any atom is 0.110 e. The Labute approximate surface area is 98.8 Å². The van der Waals surface area contributed by atoms with E-state index in [9.17, 15) is 0 Å². The predicted octanol–water partition coefficient (Wildman–Crippen LogP) is 1.61. The molecular weight excluding hydrogens is 200 g/mol. The molecule has 2 heterocycles. The monoisotopic (exact) mass is 224 g/mol. The van der Waals surface area contributed by atoms with Crippen LogP contribution < -0.4 is 5.32 Å². The van der Waals surface area contributed by atoms with Gasteiger partial charge in [-0.05, 0) is 57.8 Å². The first-order valence-electron chi connectivity index (χ1n) is 6.54. The van der Waals surface area contributed by atoms with Crippen molar-refractivity contribution < 1.29 is 4.74 Å². The third kappa shape index (κ3) is 3.80. The molecule has 2 aliphatic rings. The summed E-state index contributed by atoms with van der Waals surface area (Å²) in [7, 11) is 2.22. The highest BCUT2D eigenvalue weighted by molar-refractivity contribution is 4.83. The molecule has 0 aromatic heterocycles. The predicted molar refractivity (Wildman–Crippen MR) is 66.3 cm³/mol. The molecule has 0 radical (unpaired) electrons. The van der Waals surface area contributed by atoms with Gasteiger partial charge in [0.05, 0.1) is 6.26 Å². The average Bonchev–Trinajstić information content (AvgIpc) is 2.30. The summed E-state index contributed by atoms with van der Waals surface area (Å²) in [5.74, 6) is 0.831. The van der Waals surface area contributed by atoms with Crippen LogP contribution in [0.2, 0.25) is 0 Å². The van der Waals surface area contributed by atoms with Crippen molar-refractivity contribution in [1.29, 1.82) is 0 Å². The van der Waals surface area contributed by atoms with Gasteiger partial charge < -0.3 is 15.0 Å². The van der Waals surface area contributed by atoms with Gasteiger partial charge in [0.2, 0.25) is 0 Å². The van der Waals surface area contributed by atoms with Crippen LogP contribution in [0, 0.1) is 5.92 Å². The molecule has 0 amide bonds. The molecule has 3 heteroatoms. The van der Waals surface area contributed by atoms with Crippen LogP contribution in [-0.2, 0) is 4.74 Å². The van der Waals surface area contributed by atoms with E-state index in [1.807, 2.05) is 6.26 Å². The van der Waals surface area contributed by atoms with Gasteiger partial charge in [0.1, 0.15) is 6.10 Å². The van der Waals surface area contributed by atoms with Crippen molar-refractivity contribution in [3.05, 3.63) is 12.3 Å². The van der Waals surface area contributed by atoms with Gasteiger partial charge in [-0.3, -0.25) is 0 Å². The minimum Gasteiger partial charge on any atom is -0.497 e. The van der Waals surface area contributed by atoms with Gasteiger partial charge in [0, 0.05) is 13.1 Å². The molecule has 0 aromatic rings. The smallest absolute Gasteiger partial charge is 0.110 e. The van der Waals surface area contributed by atoms with Gasteiger partial charge in [-0.2, -0.15) is 0 Å². The van der Waals surface area contributed by atoms with Crippen LogP contribution in [0.4, 0.5) is 0 Å². The van der Waals surface area contributed by atoms with E-state index in [1.54, 1.807) is 0 Å². The lowest BCUT2D eigenvalue weighted by atomic mass is 9.98. The molecule has 1 N–H and O–H groups in total. The number of hydrogen-bond acceptors (Lipinski definition) is 3. The topological polar surface area (TPSA) is 24.5 Å². The number of rotatable bonds is 4. The number of nitrogens with one attached hydrogen (secondary N) is 1. The first kappa shape index (κ1) is 11.9. The van der Waals surface area contributed by atoms with Gasteiger partial charge >= 0.3 is 0 Å². The first-order valence-corrected chi connectivity index (χ1v) is 6.54. The molecule has 92 valence electrons. The van der Waals surface area contributed by atoms with Crippen LogP contribution >= 0.6 is 0 Å². The molecule has 0 bridgehead atoms. The van der Waals surface area contributed by atoms with Crippen LogP contribution in [0.1, 0.15) is 25.7 Å². The summed E-state index contributed by atoms with van der Waals surface area (Å²) >= 11 is 0. The molecule has 0 aromatic carbocycles. The molecule has 0 spiro atoms. The molecule has 16 heavy (non-hydrogen) atoms. The fourth-order valence-electron chi connectivity index (χ4n) is 2.62. The zero-order chi connectivity index (χ0) is 11.2. The molecule has 2 atom stereocenters. The van der Waals surface area contributed by atoms with Crippen LogP contribution in [0.5, 0.6) is 0 Å². The standard InChI is InChI=1S/C13H24N2O/c1-15-7-4-5-12(11-15)9-14-10-13-6-2-3-8-16-13/h3,8,12-14H,2,4-7,9-11H2,1H3. The first-order chi connectivity index (χ1) is 7.84. The second kappa shape index (κ2) is 6.26. The van der Waals surface area contributed by atoms with Crippen LogP contribution in [0.15, 0.2) is 12.3 Å². The number of ether oxygens (including phenoxy) is 1. The number of nitrogens with zero attached hydrogens (tertiary/aromatic N) is 1. The van der Waals surface area contributed by atoms with E-state index in [0.29, 0.717) is 6.10 Å². The molecular formula is C13H24N2O. The number of allylic oxidation sites excluding steroid dienone is 1. The average molecular weight is 224 g/mol. The number of hydrogen-bond donors (Lipinski definition) is 1. The summed E-state index contributed by atoms with van der Waals surface area (Å²) in [6.07, 6.45) is 9.41. The van der Waals surface area contributed by atoms with E-state index in [2.05, 4.69) is 23.3 Å². The fourth-order valence-corrected chi connectivity index (χ4v) is 2.62. The second-order valence-corrected chi connectivity index (χ2v) is 5.14. The fraction of sp³-hybridized carbons (Fsp3) is 0.846. The molecule has 1 fully saturated rings. The molecule has 3 nitrogen and oxygen atoms in total. The molecule has 2 rings (SSSR count). The van der Waals surface area contributed by atoms with Crippen molar-refractivity contribution in [2.75, 3.05) is 33.2 Å². The SMILES string of the molecule is CN1CCCC(CNCC2CCC=CO2)C1. The summed E-state index contributed by atoms with van der Waals surface area (Å²) in [6, 6.07) is 0. The molecule has 0 aliphatic carbocycles. The van der Waals surface area contributed by atoms with E-state index in [1.165, 1.54) is 32.4 Å². The van der Waals surface area contributed by atoms with Gasteiger partial charge in [0.15, 0.2) is 0 Å². The lowest BCUT2D eigenvalue weighted by Gasteiger charge is -2.30. The maximum absolute atomic E-state index is 5.53. The Hall–Kier alpha value is -0.540. The van der Waals surface area contributed by atoms with Gasteiger partial charge in [0.25, 0.3) is 0 Å². The summed E-state index contributed by atoms with van der Waals surface area (Å²) in [5, 5.41) is 3.56. The van der Waals surface area contributed by atoms with Crippen molar-refractivity contribution >= 4 is 0 Å². The Morgan fingerprint density at radius 1 is 1.38 bits per heavy atom. The summed E-state index contributed by atoms with van der Waals surface area (Å²) in [6.45, 7) is 4.67. The van der Waals surface area contributed by atoms with E-state index in [-0.39, 0.29) is 0 Å². The van der Waals surface area contributed by atoms with Crippen LogP contribution in [-0.4, -0.2) is 44.2 Å². The Morgan fingerprint density at radius 3 is 3.06 bits per heavy atom. The summed E-state index contributed by atoms with van der Waals surface area (Å²) in [5.41, 5.74) is 0. The minimum absolute atomic E-state index is 0.395. The summed E-state index contributed by atoms with van der Waals surface area (Å²) in [4.78, 5) is 2.44. The van der Waals surface area contributed by atoms with E-state index < -0.39 is 0 Å². The summed E-state index contributed by atoms with van der Waals surface area (Å²) < 4.78 is 5.53. The quantitative estimate of drug-likeness (QED) is 0.785. The van der Waals surface area contributed by atoms with E-state index in [0.717, 1.165) is 25.4 Å². The lowest BCUT2D eigenvalue weighted by molar-refractivity contribution is 0.118. The van der Waals surface area contributed by atoms with E-state index in [4.69, 9.17) is 4.74 Å². The Morgan fingerprint density at radius 2 is 2.31 bits per heavy atom. The molecule has 2 aliphatic heterocycles. The number of piperidine rings is 1. The minimum atomic E-state index is 0.395. The zero-order valence-corrected chi connectivity index (χ0v) is 10.3. The third-order valence-electron chi connectivity index (χ3n) is 3.55. The van der Waals surface area contributed by atoms with Crippen LogP contribution in [0.3, 0.4) is 0 Å². The Kier molecular flexibility index (Phi) is 4.67. The normalized spacial score (nSPS) is 31.3. The van der Waals surface area contributed by atoms with Gasteiger partial charge in [-0.15, -0.1) is 0 Å². The Bertz CT molecular complexity index is 230. The zero-order valence-electron chi connectivity index (χ0n) is 10.3. The van der Waals surface area contributed by atoms with Crippen molar-refractivity contribution in [3.8, 4) is 0 Å². The van der Waals surface area contributed by atoms with Gasteiger partial charge in [-0.25, -0.2) is 0 Å². The second-order valence-electron chi connectivity index (χ2n) is 5.14. The molecule has 1 saturated heterocycles. The van der Waals surface area contributed by atoms with Crippen molar-refractivity contribution in [1.82, 2.24) is 10.2 Å². The van der Waals surface area contributed by atoms with Gasteiger partial charge in [-0.1, -0.05) is 0 Å². The van der Waals surface area contributed by atoms with E-state index >= 15 is 0 Å². The van der Waals surface area contributed by atoms with Crippen molar-refractivity contribution in [2.24, 2.45) is 5.92 Å². The highest BCUT2D eigenvalue weighted by atomic mass is 16.5. The van der Waals surface area contributed by atoms with Crippen molar-refractivity contribution in [2.45, 2.75) is 31.8 Å². The maximum atomic E-state index is 5.53.